The molecule has 5 nitrogen and oxygen atoms in total. The lowest BCUT2D eigenvalue weighted by atomic mass is 10.2. The molecule has 7 heteroatoms. The van der Waals surface area contributed by atoms with Crippen LogP contribution in [0.4, 0.5) is 0 Å². The van der Waals surface area contributed by atoms with E-state index in [1.54, 1.807) is 24.1 Å². The number of amides is 1. The topological polar surface area (TPSA) is 61.9 Å². The number of H-pyrrole nitrogens is 1. The maximum atomic E-state index is 12.3. The number of carbonyl (C=O) groups is 1. The zero-order valence-corrected chi connectivity index (χ0v) is 12.9. The van der Waals surface area contributed by atoms with E-state index in [4.69, 9.17) is 23.2 Å². The quantitative estimate of drug-likeness (QED) is 0.938. The third-order valence-corrected chi connectivity index (χ3v) is 4.15. The van der Waals surface area contributed by atoms with Gasteiger partial charge < -0.3 is 4.90 Å². The number of nitrogens with zero attached hydrogens (tertiary/aromatic N) is 3. The molecule has 0 unspecified atom stereocenters. The largest absolute Gasteiger partial charge is 0.335 e. The van der Waals surface area contributed by atoms with E-state index >= 15 is 0 Å². The summed E-state index contributed by atoms with van der Waals surface area (Å²) >= 11 is 11.9. The highest BCUT2D eigenvalue weighted by molar-refractivity contribution is 6.42. The summed E-state index contributed by atoms with van der Waals surface area (Å²) in [6, 6.07) is 5.31. The van der Waals surface area contributed by atoms with Gasteiger partial charge in [-0.3, -0.25) is 9.89 Å². The van der Waals surface area contributed by atoms with Crippen molar-refractivity contribution in [2.75, 3.05) is 7.05 Å². The lowest BCUT2D eigenvalue weighted by Gasteiger charge is -2.15. The van der Waals surface area contributed by atoms with Gasteiger partial charge in [-0.05, 0) is 30.5 Å². The Labute approximate surface area is 132 Å². The maximum absolute atomic E-state index is 12.3. The van der Waals surface area contributed by atoms with Crippen molar-refractivity contribution in [3.63, 3.8) is 0 Å². The molecule has 1 N–H and O–H groups in total. The Morgan fingerprint density at radius 2 is 2.14 bits per heavy atom. The SMILES string of the molecule is CN(Cc1ccc(Cl)c(Cl)c1)C(=O)c1n[nH]c(C2CC2)n1. The predicted octanol–water partition coefficient (Wildman–Crippen LogP) is 3.26. The highest BCUT2D eigenvalue weighted by atomic mass is 35.5. The molecule has 1 aliphatic carbocycles. The van der Waals surface area contributed by atoms with E-state index in [0.717, 1.165) is 24.2 Å². The summed E-state index contributed by atoms with van der Waals surface area (Å²) in [7, 11) is 1.71. The van der Waals surface area contributed by atoms with Crippen molar-refractivity contribution in [3.05, 3.63) is 45.5 Å². The molecule has 2 aromatic rings. The second-order valence-corrected chi connectivity index (χ2v) is 6.04. The molecular weight excluding hydrogens is 311 g/mol. The van der Waals surface area contributed by atoms with Gasteiger partial charge in [-0.25, -0.2) is 4.98 Å². The summed E-state index contributed by atoms with van der Waals surface area (Å²) < 4.78 is 0. The van der Waals surface area contributed by atoms with Crippen LogP contribution in [0.1, 0.15) is 40.8 Å². The van der Waals surface area contributed by atoms with Crippen LogP contribution >= 0.6 is 23.2 Å². The molecule has 1 amide bonds. The van der Waals surface area contributed by atoms with Crippen LogP contribution in [0.5, 0.6) is 0 Å². The Bertz CT molecular complexity index is 681. The number of hydrogen-bond acceptors (Lipinski definition) is 3. The van der Waals surface area contributed by atoms with Gasteiger partial charge in [0.1, 0.15) is 5.82 Å². The molecule has 1 aromatic heterocycles. The lowest BCUT2D eigenvalue weighted by molar-refractivity contribution is 0.0773. The fourth-order valence-electron chi connectivity index (χ4n) is 2.06. The van der Waals surface area contributed by atoms with Crippen LogP contribution in [0.25, 0.3) is 0 Å². The van der Waals surface area contributed by atoms with E-state index in [1.165, 1.54) is 0 Å². The molecule has 1 aliphatic rings. The van der Waals surface area contributed by atoms with Gasteiger partial charge in [0, 0.05) is 19.5 Å². The minimum Gasteiger partial charge on any atom is -0.335 e. The van der Waals surface area contributed by atoms with Gasteiger partial charge in [0.05, 0.1) is 10.0 Å². The first-order valence-electron chi connectivity index (χ1n) is 6.66. The normalized spacial score (nSPS) is 14.2. The molecule has 0 saturated heterocycles. The first-order chi connectivity index (χ1) is 10.0. The van der Waals surface area contributed by atoms with Gasteiger partial charge in [0.2, 0.25) is 5.82 Å². The van der Waals surface area contributed by atoms with Crippen LogP contribution in [0, 0.1) is 0 Å². The van der Waals surface area contributed by atoms with Crippen molar-refractivity contribution in [1.82, 2.24) is 20.1 Å². The molecule has 1 saturated carbocycles. The van der Waals surface area contributed by atoms with E-state index in [-0.39, 0.29) is 11.7 Å². The minimum atomic E-state index is -0.218. The van der Waals surface area contributed by atoms with Crippen molar-refractivity contribution in [1.29, 1.82) is 0 Å². The smallest absolute Gasteiger partial charge is 0.293 e. The number of rotatable bonds is 4. The van der Waals surface area contributed by atoms with Crippen molar-refractivity contribution >= 4 is 29.1 Å². The van der Waals surface area contributed by atoms with Gasteiger partial charge in [0.15, 0.2) is 0 Å². The third kappa shape index (κ3) is 3.19. The van der Waals surface area contributed by atoms with Crippen LogP contribution in [-0.2, 0) is 6.54 Å². The average molecular weight is 325 g/mol. The second kappa shape index (κ2) is 5.66. The zero-order valence-electron chi connectivity index (χ0n) is 11.4. The van der Waals surface area contributed by atoms with Crippen LogP contribution < -0.4 is 0 Å². The summed E-state index contributed by atoms with van der Waals surface area (Å²) in [4.78, 5) is 18.1. The Morgan fingerprint density at radius 1 is 1.38 bits per heavy atom. The van der Waals surface area contributed by atoms with Gasteiger partial charge in [-0.1, -0.05) is 29.3 Å². The molecule has 0 spiro atoms. The van der Waals surface area contributed by atoms with E-state index in [0.29, 0.717) is 22.5 Å². The Kier molecular flexibility index (Phi) is 3.87. The summed E-state index contributed by atoms with van der Waals surface area (Å²) in [5, 5.41) is 7.81. The average Bonchev–Trinajstić information content (AvgIpc) is 3.20. The Morgan fingerprint density at radius 3 is 2.81 bits per heavy atom. The van der Waals surface area contributed by atoms with Crippen LogP contribution in [0.15, 0.2) is 18.2 Å². The van der Waals surface area contributed by atoms with Crippen LogP contribution in [0.2, 0.25) is 10.0 Å². The number of carbonyl (C=O) groups excluding carboxylic acids is 1. The summed E-state index contributed by atoms with van der Waals surface area (Å²) in [5.74, 6) is 1.24. The summed E-state index contributed by atoms with van der Waals surface area (Å²) in [6.45, 7) is 0.420. The number of aromatic nitrogens is 3. The zero-order chi connectivity index (χ0) is 15.0. The Balaban J connectivity index is 1.69. The molecule has 0 atom stereocenters. The predicted molar refractivity (Wildman–Crippen MR) is 80.6 cm³/mol. The number of aromatic amines is 1. The number of benzene rings is 1. The fourth-order valence-corrected chi connectivity index (χ4v) is 2.38. The summed E-state index contributed by atoms with van der Waals surface area (Å²) in [5.41, 5.74) is 0.901. The van der Waals surface area contributed by atoms with Crippen molar-refractivity contribution in [2.45, 2.75) is 25.3 Å². The Hall–Kier alpha value is -1.59. The monoisotopic (exact) mass is 324 g/mol. The number of halogens is 2. The van der Waals surface area contributed by atoms with E-state index < -0.39 is 0 Å². The minimum absolute atomic E-state index is 0.208. The van der Waals surface area contributed by atoms with Gasteiger partial charge in [-0.2, -0.15) is 0 Å². The summed E-state index contributed by atoms with van der Waals surface area (Å²) in [6.07, 6.45) is 2.23. The van der Waals surface area contributed by atoms with Crippen molar-refractivity contribution in [3.8, 4) is 0 Å². The highest BCUT2D eigenvalue weighted by Gasteiger charge is 2.28. The standard InChI is InChI=1S/C14H14Cl2N4O/c1-20(7-8-2-5-10(15)11(16)6-8)14(21)13-17-12(18-19-13)9-3-4-9/h2,5-6,9H,3-4,7H2,1H3,(H,17,18,19). The molecule has 0 aliphatic heterocycles. The molecule has 110 valence electrons. The molecular formula is C14H14Cl2N4O. The van der Waals surface area contributed by atoms with Crippen LogP contribution in [0.3, 0.4) is 0 Å². The highest BCUT2D eigenvalue weighted by Crippen LogP contribution is 2.37. The molecule has 21 heavy (non-hydrogen) atoms. The fraction of sp³-hybridized carbons (Fsp3) is 0.357. The molecule has 1 aromatic carbocycles. The van der Waals surface area contributed by atoms with Gasteiger partial charge in [0.25, 0.3) is 5.91 Å². The molecule has 0 bridgehead atoms. The van der Waals surface area contributed by atoms with Crippen molar-refractivity contribution in [2.24, 2.45) is 0 Å². The van der Waals surface area contributed by atoms with E-state index in [2.05, 4.69) is 15.2 Å². The lowest BCUT2D eigenvalue weighted by Crippen LogP contribution is -2.27. The molecule has 1 fully saturated rings. The van der Waals surface area contributed by atoms with Gasteiger partial charge >= 0.3 is 0 Å². The van der Waals surface area contributed by atoms with Crippen LogP contribution in [-0.4, -0.2) is 33.0 Å². The second-order valence-electron chi connectivity index (χ2n) is 5.23. The molecule has 1 heterocycles. The molecule has 3 rings (SSSR count). The van der Waals surface area contributed by atoms with E-state index in [1.807, 2.05) is 6.07 Å². The number of nitrogens with one attached hydrogen (secondary N) is 1. The maximum Gasteiger partial charge on any atom is 0.293 e. The van der Waals surface area contributed by atoms with Crippen molar-refractivity contribution < 1.29 is 4.79 Å². The third-order valence-electron chi connectivity index (χ3n) is 3.41. The number of hydrogen-bond donors (Lipinski definition) is 1. The first kappa shape index (κ1) is 14.4. The first-order valence-corrected chi connectivity index (χ1v) is 7.42. The van der Waals surface area contributed by atoms with Gasteiger partial charge in [-0.15, -0.1) is 5.10 Å². The van der Waals surface area contributed by atoms with E-state index in [9.17, 15) is 4.79 Å². The molecule has 0 radical (unpaired) electrons.